The van der Waals surface area contributed by atoms with Crippen molar-refractivity contribution in [2.24, 2.45) is 11.8 Å². The number of rotatable bonds is 6. The number of ketones is 2. The number of imidazole rings is 2. The Balaban J connectivity index is 0.000000145. The van der Waals surface area contributed by atoms with Crippen molar-refractivity contribution < 1.29 is 23.5 Å². The maximum absolute atomic E-state index is 14.3. The molecule has 45 heavy (non-hydrogen) atoms. The number of aliphatic hydroxyl groups is 1. The van der Waals surface area contributed by atoms with Crippen molar-refractivity contribution >= 4 is 11.6 Å². The number of fused-ring (bicyclic) bond motifs is 6. The lowest BCUT2D eigenvalue weighted by molar-refractivity contribution is -0.125. The second kappa shape index (κ2) is 12.3. The summed E-state index contributed by atoms with van der Waals surface area (Å²) in [5.41, 5.74) is 4.71. The van der Waals surface area contributed by atoms with Gasteiger partial charge in [-0.25, -0.2) is 18.7 Å². The Kier molecular flexibility index (Phi) is 8.04. The van der Waals surface area contributed by atoms with Crippen LogP contribution in [0.2, 0.25) is 0 Å². The predicted molar refractivity (Wildman–Crippen MR) is 165 cm³/mol. The van der Waals surface area contributed by atoms with E-state index in [9.17, 15) is 23.5 Å². The molecule has 2 aromatic heterocycles. The zero-order valence-corrected chi connectivity index (χ0v) is 25.0. The molecule has 3 unspecified atom stereocenters. The lowest BCUT2D eigenvalue weighted by Gasteiger charge is -2.25. The number of carbonyl (C=O) groups is 2. The number of benzene rings is 2. The lowest BCUT2D eigenvalue weighted by Crippen LogP contribution is -2.26. The van der Waals surface area contributed by atoms with Crippen molar-refractivity contribution in [2.75, 3.05) is 0 Å². The number of aliphatic hydroxyl groups excluding tert-OH is 1. The normalized spacial score (nSPS) is 24.2. The van der Waals surface area contributed by atoms with Crippen LogP contribution in [0, 0.1) is 23.5 Å². The Hall–Kier alpha value is -4.24. The minimum Gasteiger partial charge on any atom is -0.393 e. The minimum absolute atomic E-state index is 0.0128. The molecule has 0 radical (unpaired) electrons. The molecule has 7 nitrogen and oxygen atoms in total. The molecule has 1 saturated carbocycles. The Morgan fingerprint density at radius 3 is 1.78 bits per heavy atom. The third kappa shape index (κ3) is 5.47. The standard InChI is InChI=1S/C18H19FN2O2.C18H17FN2O/c19-14-3-1-2-13-16-9-20-10-21(16)15(18(13)14)8-17(23)11-4-6-12(22)7-5-11;19-14-8-4-7-13-16-10-20-11-21(16)15(18(13)14)9-17(22)12-5-2-1-3-6-12/h1-3,9-12,15,22H,4-8H2;1-2,4,7-8,10-12,15H,3,5-6,9H2. The van der Waals surface area contributed by atoms with Crippen LogP contribution in [0.25, 0.3) is 22.5 Å². The van der Waals surface area contributed by atoms with Crippen molar-refractivity contribution in [3.63, 3.8) is 0 Å². The van der Waals surface area contributed by atoms with Crippen molar-refractivity contribution in [1.29, 1.82) is 0 Å². The summed E-state index contributed by atoms with van der Waals surface area (Å²) in [6.45, 7) is 0. The van der Waals surface area contributed by atoms with Gasteiger partial charge in [0.1, 0.15) is 23.2 Å². The Bertz CT molecular complexity index is 1770. The Morgan fingerprint density at radius 1 is 0.733 bits per heavy atom. The van der Waals surface area contributed by atoms with Gasteiger partial charge in [0, 0.05) is 46.9 Å². The summed E-state index contributed by atoms with van der Waals surface area (Å²) in [7, 11) is 0. The van der Waals surface area contributed by atoms with Gasteiger partial charge in [-0.1, -0.05) is 36.4 Å². The third-order valence-corrected chi connectivity index (χ3v) is 9.99. The molecule has 9 heteroatoms. The molecule has 0 saturated heterocycles. The summed E-state index contributed by atoms with van der Waals surface area (Å²) in [4.78, 5) is 33.6. The van der Waals surface area contributed by atoms with E-state index >= 15 is 0 Å². The maximum Gasteiger partial charge on any atom is 0.138 e. The molecule has 8 rings (SSSR count). The van der Waals surface area contributed by atoms with E-state index in [0.29, 0.717) is 30.4 Å². The molecule has 3 atom stereocenters. The molecule has 4 aromatic rings. The molecular weight excluding hydrogens is 574 g/mol. The quantitative estimate of drug-likeness (QED) is 0.237. The highest BCUT2D eigenvalue weighted by atomic mass is 19.1. The topological polar surface area (TPSA) is 90.0 Å². The largest absolute Gasteiger partial charge is 0.393 e. The molecule has 2 aliphatic heterocycles. The van der Waals surface area contributed by atoms with Gasteiger partial charge in [0.2, 0.25) is 0 Å². The first-order valence-electron chi connectivity index (χ1n) is 15.9. The van der Waals surface area contributed by atoms with Gasteiger partial charge in [-0.2, -0.15) is 0 Å². The lowest BCUT2D eigenvalue weighted by atomic mass is 9.82. The van der Waals surface area contributed by atoms with Crippen molar-refractivity contribution in [3.05, 3.63) is 96.4 Å². The molecule has 0 bridgehead atoms. The van der Waals surface area contributed by atoms with Crippen LogP contribution in [-0.4, -0.2) is 41.9 Å². The average molecular weight is 611 g/mol. The first kappa shape index (κ1) is 29.5. The van der Waals surface area contributed by atoms with Gasteiger partial charge in [0.15, 0.2) is 0 Å². The first-order chi connectivity index (χ1) is 21.9. The maximum atomic E-state index is 14.3. The molecule has 0 amide bonds. The summed E-state index contributed by atoms with van der Waals surface area (Å²) in [5, 5.41) is 9.59. The van der Waals surface area contributed by atoms with Gasteiger partial charge in [-0.15, -0.1) is 0 Å². The van der Waals surface area contributed by atoms with Gasteiger partial charge in [-0.05, 0) is 57.1 Å². The fourth-order valence-electron chi connectivity index (χ4n) is 7.60. The molecule has 2 aromatic carbocycles. The molecule has 4 aliphatic rings. The van der Waals surface area contributed by atoms with E-state index in [1.165, 1.54) is 12.1 Å². The number of Topliss-reactive ketones (excluding diaryl/α,β-unsaturated/α-hetero) is 2. The molecule has 2 aliphatic carbocycles. The van der Waals surface area contributed by atoms with Crippen LogP contribution in [0.1, 0.15) is 81.0 Å². The zero-order valence-electron chi connectivity index (χ0n) is 25.0. The predicted octanol–water partition coefficient (Wildman–Crippen LogP) is 7.01. The fourth-order valence-corrected chi connectivity index (χ4v) is 7.60. The van der Waals surface area contributed by atoms with Crippen LogP contribution in [0.3, 0.4) is 0 Å². The van der Waals surface area contributed by atoms with E-state index in [2.05, 4.69) is 22.1 Å². The number of halogens is 2. The highest BCUT2D eigenvalue weighted by Gasteiger charge is 2.36. The van der Waals surface area contributed by atoms with E-state index in [4.69, 9.17) is 0 Å². The highest BCUT2D eigenvalue weighted by molar-refractivity contribution is 5.84. The molecule has 0 spiro atoms. The molecule has 232 valence electrons. The molecular formula is C36H36F2N4O3. The summed E-state index contributed by atoms with van der Waals surface area (Å²) in [6, 6.07) is 9.55. The van der Waals surface area contributed by atoms with Crippen molar-refractivity contribution in [1.82, 2.24) is 19.1 Å². The number of carbonyl (C=O) groups excluding carboxylic acids is 2. The van der Waals surface area contributed by atoms with Crippen LogP contribution in [0.4, 0.5) is 8.78 Å². The summed E-state index contributed by atoms with van der Waals surface area (Å²) in [5.74, 6) is -0.0395. The van der Waals surface area contributed by atoms with Crippen LogP contribution >= 0.6 is 0 Å². The Morgan fingerprint density at radius 2 is 1.27 bits per heavy atom. The van der Waals surface area contributed by atoms with Gasteiger partial charge < -0.3 is 14.2 Å². The monoisotopic (exact) mass is 610 g/mol. The second-order valence-corrected chi connectivity index (χ2v) is 12.6. The van der Waals surface area contributed by atoms with Crippen LogP contribution in [0.5, 0.6) is 0 Å². The Labute approximate surface area is 260 Å². The third-order valence-electron chi connectivity index (χ3n) is 9.99. The van der Waals surface area contributed by atoms with E-state index in [0.717, 1.165) is 54.6 Å². The first-order valence-corrected chi connectivity index (χ1v) is 15.9. The summed E-state index contributed by atoms with van der Waals surface area (Å²) >= 11 is 0. The molecule has 1 N–H and O–H groups in total. The van der Waals surface area contributed by atoms with Crippen LogP contribution in [0.15, 0.2) is 73.6 Å². The van der Waals surface area contributed by atoms with Gasteiger partial charge in [0.25, 0.3) is 0 Å². The van der Waals surface area contributed by atoms with E-state index in [1.807, 2.05) is 21.3 Å². The van der Waals surface area contributed by atoms with E-state index in [-0.39, 0.29) is 59.6 Å². The van der Waals surface area contributed by atoms with Crippen molar-refractivity contribution in [3.8, 4) is 22.5 Å². The number of hydrogen-bond acceptors (Lipinski definition) is 5. The van der Waals surface area contributed by atoms with Gasteiger partial charge in [-0.3, -0.25) is 9.59 Å². The number of aromatic nitrogens is 4. The summed E-state index contributed by atoms with van der Waals surface area (Å²) < 4.78 is 32.5. The SMILES string of the molecule is O=C(CC1c2c(F)cccc2-c2cncn21)C1CC=CCC1.O=C(CC1c2c(F)cccc2-c2cncn21)C1CCC(O)CC1. The van der Waals surface area contributed by atoms with Crippen LogP contribution < -0.4 is 0 Å². The second-order valence-electron chi connectivity index (χ2n) is 12.6. The molecule has 4 heterocycles. The zero-order chi connectivity index (χ0) is 31.1. The summed E-state index contributed by atoms with van der Waals surface area (Å²) in [6.07, 6.45) is 16.9. The number of allylic oxidation sites excluding steroid dienone is 2. The highest BCUT2D eigenvalue weighted by Crippen LogP contribution is 2.44. The molecule has 1 fully saturated rings. The average Bonchev–Trinajstić information content (AvgIpc) is 3.83. The van der Waals surface area contributed by atoms with Crippen molar-refractivity contribution in [2.45, 2.75) is 76.0 Å². The van der Waals surface area contributed by atoms with Gasteiger partial charge in [0.05, 0.1) is 54.6 Å². The minimum atomic E-state index is -0.303. The number of nitrogens with zero attached hydrogens (tertiary/aromatic N) is 4. The number of hydrogen-bond donors (Lipinski definition) is 1. The fraction of sp³-hybridized carbons (Fsp3) is 0.389. The smallest absolute Gasteiger partial charge is 0.138 e. The van der Waals surface area contributed by atoms with E-state index < -0.39 is 0 Å². The van der Waals surface area contributed by atoms with E-state index in [1.54, 1.807) is 37.2 Å². The van der Waals surface area contributed by atoms with Crippen LogP contribution in [-0.2, 0) is 9.59 Å². The van der Waals surface area contributed by atoms with Gasteiger partial charge >= 0.3 is 0 Å².